The molecule has 0 spiro atoms. The standard InChI is InChI=1S/C38H54N6O6/c1-5-7-9-17-23-39-33(45)27-43-31(25-35(47)41(3)29-19-13-11-14-20-29)38(50)44(28-34(46)40-24-18-10-8-6-2)32(37(43)49)26-36(48)42(4)30-21-15-12-16-22-30/h11-16,19-22,31-32H,5-10,17-18,23-28H2,1-4H3,(H,39,45)(H,40,46)/t31-,32-/m0/s1. The first-order valence-corrected chi connectivity index (χ1v) is 17.9. The molecule has 0 saturated carbocycles. The van der Waals surface area contributed by atoms with Gasteiger partial charge in [-0.05, 0) is 37.1 Å². The van der Waals surface area contributed by atoms with Gasteiger partial charge in [-0.1, -0.05) is 88.8 Å². The summed E-state index contributed by atoms with van der Waals surface area (Å²) in [4.78, 5) is 87.4. The minimum absolute atomic E-state index is 0.406. The summed E-state index contributed by atoms with van der Waals surface area (Å²) in [5.74, 6) is -3.19. The SMILES string of the molecule is CCCCCCNC(=O)CN1C(=O)[C@H](CC(=O)N(C)c2ccccc2)N(CC(=O)NCCCCCC)C(=O)[C@@H]1CC(=O)N(C)c1ccccc1. The molecular formula is C38H54N6O6. The number of nitrogens with zero attached hydrogens (tertiary/aromatic N) is 4. The molecule has 0 unspecified atom stereocenters. The summed E-state index contributed by atoms with van der Waals surface area (Å²) in [7, 11) is 3.15. The molecule has 2 aromatic carbocycles. The molecule has 0 aliphatic carbocycles. The first-order chi connectivity index (χ1) is 24.1. The van der Waals surface area contributed by atoms with Crippen LogP contribution in [0.15, 0.2) is 60.7 Å². The molecule has 1 saturated heterocycles. The third-order valence-electron chi connectivity index (χ3n) is 8.99. The minimum atomic E-state index is -1.36. The van der Waals surface area contributed by atoms with Crippen molar-refractivity contribution in [1.82, 2.24) is 20.4 Å². The summed E-state index contributed by atoms with van der Waals surface area (Å²) in [5, 5.41) is 5.66. The van der Waals surface area contributed by atoms with Crippen molar-refractivity contribution in [2.45, 2.75) is 90.1 Å². The highest BCUT2D eigenvalue weighted by molar-refractivity contribution is 6.06. The molecule has 1 aliphatic heterocycles. The Labute approximate surface area is 296 Å². The molecule has 0 radical (unpaired) electrons. The number of hydrogen-bond acceptors (Lipinski definition) is 6. The quantitative estimate of drug-likeness (QED) is 0.202. The maximum atomic E-state index is 14.4. The molecule has 272 valence electrons. The summed E-state index contributed by atoms with van der Waals surface area (Å²) in [6, 6.07) is 15.0. The van der Waals surface area contributed by atoms with Gasteiger partial charge >= 0.3 is 0 Å². The van der Waals surface area contributed by atoms with Crippen LogP contribution in [0, 0.1) is 0 Å². The first-order valence-electron chi connectivity index (χ1n) is 17.9. The number of carbonyl (C=O) groups excluding carboxylic acids is 6. The van der Waals surface area contributed by atoms with E-state index >= 15 is 0 Å². The van der Waals surface area contributed by atoms with E-state index in [-0.39, 0.29) is 0 Å². The molecule has 6 amide bonds. The van der Waals surface area contributed by atoms with Gasteiger partial charge < -0.3 is 30.2 Å². The summed E-state index contributed by atoms with van der Waals surface area (Å²) in [6.07, 6.45) is 6.72. The van der Waals surface area contributed by atoms with Gasteiger partial charge in [-0.15, -0.1) is 0 Å². The predicted molar refractivity (Wildman–Crippen MR) is 194 cm³/mol. The normalized spacial score (nSPS) is 15.8. The summed E-state index contributed by atoms with van der Waals surface area (Å²) in [5.41, 5.74) is 1.19. The fraction of sp³-hybridized carbons (Fsp3) is 0.526. The van der Waals surface area contributed by atoms with Gasteiger partial charge in [-0.3, -0.25) is 28.8 Å². The van der Waals surface area contributed by atoms with Gasteiger partial charge in [0.1, 0.15) is 25.2 Å². The average molecular weight is 691 g/mol. The number of rotatable bonds is 20. The van der Waals surface area contributed by atoms with E-state index in [2.05, 4.69) is 24.5 Å². The molecule has 1 fully saturated rings. The van der Waals surface area contributed by atoms with Crippen LogP contribution in [0.2, 0.25) is 0 Å². The number of amides is 6. The minimum Gasteiger partial charge on any atom is -0.355 e. The molecule has 2 aromatic rings. The lowest BCUT2D eigenvalue weighted by Crippen LogP contribution is -2.68. The zero-order chi connectivity index (χ0) is 36.5. The van der Waals surface area contributed by atoms with Gasteiger partial charge in [0.15, 0.2) is 0 Å². The van der Waals surface area contributed by atoms with E-state index in [9.17, 15) is 28.8 Å². The molecule has 0 aromatic heterocycles. The molecule has 3 rings (SSSR count). The molecule has 1 heterocycles. The van der Waals surface area contributed by atoms with Crippen LogP contribution >= 0.6 is 0 Å². The second kappa shape index (κ2) is 20.7. The maximum absolute atomic E-state index is 14.4. The molecule has 12 nitrogen and oxygen atoms in total. The molecule has 12 heteroatoms. The Hall–Kier alpha value is -4.74. The van der Waals surface area contributed by atoms with Crippen LogP contribution in [-0.4, -0.2) is 97.6 Å². The molecule has 2 atom stereocenters. The third-order valence-corrected chi connectivity index (χ3v) is 8.99. The van der Waals surface area contributed by atoms with E-state index in [1.54, 1.807) is 62.6 Å². The summed E-state index contributed by atoms with van der Waals surface area (Å²) in [6.45, 7) is 4.05. The fourth-order valence-corrected chi connectivity index (χ4v) is 5.90. The number of benzene rings is 2. The lowest BCUT2D eigenvalue weighted by molar-refractivity contribution is -0.165. The fourth-order valence-electron chi connectivity index (χ4n) is 5.90. The smallest absolute Gasteiger partial charge is 0.247 e. The Morgan fingerprint density at radius 3 is 1.28 bits per heavy atom. The monoisotopic (exact) mass is 690 g/mol. The van der Waals surface area contributed by atoms with Gasteiger partial charge in [0, 0.05) is 38.6 Å². The van der Waals surface area contributed by atoms with Crippen LogP contribution in [0.1, 0.15) is 78.1 Å². The van der Waals surface area contributed by atoms with Crippen molar-refractivity contribution in [1.29, 1.82) is 0 Å². The molecule has 50 heavy (non-hydrogen) atoms. The molecule has 1 aliphatic rings. The number of piperazine rings is 1. The van der Waals surface area contributed by atoms with E-state index in [0.29, 0.717) is 24.5 Å². The highest BCUT2D eigenvalue weighted by atomic mass is 16.2. The van der Waals surface area contributed by atoms with E-state index in [1.165, 1.54) is 9.80 Å². The number of nitrogens with one attached hydrogen (secondary N) is 2. The van der Waals surface area contributed by atoms with Crippen molar-refractivity contribution in [3.63, 3.8) is 0 Å². The Morgan fingerprint density at radius 2 is 0.940 bits per heavy atom. The maximum Gasteiger partial charge on any atom is 0.247 e. The van der Waals surface area contributed by atoms with Crippen molar-refractivity contribution in [2.75, 3.05) is 50.1 Å². The van der Waals surface area contributed by atoms with Crippen LogP contribution in [0.3, 0.4) is 0 Å². The third kappa shape index (κ3) is 11.7. The highest BCUT2D eigenvalue weighted by Gasteiger charge is 2.48. The van der Waals surface area contributed by atoms with E-state index in [0.717, 1.165) is 61.2 Å². The Morgan fingerprint density at radius 1 is 0.580 bits per heavy atom. The Bertz CT molecular complexity index is 1310. The number of unbranched alkanes of at least 4 members (excludes halogenated alkanes) is 6. The van der Waals surface area contributed by atoms with Gasteiger partial charge in [0.05, 0.1) is 12.8 Å². The van der Waals surface area contributed by atoms with Crippen LogP contribution in [-0.2, 0) is 28.8 Å². The number of para-hydroxylation sites is 2. The Kier molecular flexibility index (Phi) is 16.4. The van der Waals surface area contributed by atoms with E-state index in [1.807, 2.05) is 12.1 Å². The van der Waals surface area contributed by atoms with Crippen LogP contribution < -0.4 is 20.4 Å². The zero-order valence-electron chi connectivity index (χ0n) is 30.1. The van der Waals surface area contributed by atoms with E-state index in [4.69, 9.17) is 0 Å². The van der Waals surface area contributed by atoms with Crippen LogP contribution in [0.5, 0.6) is 0 Å². The number of anilines is 2. The summed E-state index contributed by atoms with van der Waals surface area (Å²) >= 11 is 0. The van der Waals surface area contributed by atoms with Crippen LogP contribution in [0.25, 0.3) is 0 Å². The van der Waals surface area contributed by atoms with Crippen molar-refractivity contribution in [3.05, 3.63) is 60.7 Å². The number of carbonyl (C=O) groups is 6. The lowest BCUT2D eigenvalue weighted by atomic mass is 9.98. The zero-order valence-corrected chi connectivity index (χ0v) is 30.1. The van der Waals surface area contributed by atoms with Crippen molar-refractivity contribution in [2.24, 2.45) is 0 Å². The van der Waals surface area contributed by atoms with Gasteiger partial charge in [-0.2, -0.15) is 0 Å². The van der Waals surface area contributed by atoms with Crippen molar-refractivity contribution < 1.29 is 28.8 Å². The van der Waals surface area contributed by atoms with Gasteiger partial charge in [-0.25, -0.2) is 0 Å². The van der Waals surface area contributed by atoms with Crippen molar-refractivity contribution in [3.8, 4) is 0 Å². The number of hydrogen-bond donors (Lipinski definition) is 2. The molecular weight excluding hydrogens is 636 g/mol. The van der Waals surface area contributed by atoms with Crippen LogP contribution in [0.4, 0.5) is 11.4 Å². The Balaban J connectivity index is 1.92. The summed E-state index contributed by atoms with van der Waals surface area (Å²) < 4.78 is 0. The second-order valence-electron chi connectivity index (χ2n) is 12.8. The topological polar surface area (TPSA) is 139 Å². The molecule has 0 bridgehead atoms. The van der Waals surface area contributed by atoms with Gasteiger partial charge in [0.2, 0.25) is 35.4 Å². The van der Waals surface area contributed by atoms with E-state index < -0.39 is 73.5 Å². The van der Waals surface area contributed by atoms with Crippen molar-refractivity contribution >= 4 is 46.8 Å². The second-order valence-corrected chi connectivity index (χ2v) is 12.8. The largest absolute Gasteiger partial charge is 0.355 e. The highest BCUT2D eigenvalue weighted by Crippen LogP contribution is 2.26. The predicted octanol–water partition coefficient (Wildman–Crippen LogP) is 3.89. The van der Waals surface area contributed by atoms with Gasteiger partial charge in [0.25, 0.3) is 0 Å². The lowest BCUT2D eigenvalue weighted by Gasteiger charge is -2.44. The first kappa shape index (κ1) is 39.7. The average Bonchev–Trinajstić information content (AvgIpc) is 3.13. The molecule has 2 N–H and O–H groups in total.